The van der Waals surface area contributed by atoms with E-state index < -0.39 is 6.03 Å². The Morgan fingerprint density at radius 2 is 2.16 bits per heavy atom. The van der Waals surface area contributed by atoms with Crippen LogP contribution < -0.4 is 16.0 Å². The third-order valence-electron chi connectivity index (χ3n) is 3.11. The van der Waals surface area contributed by atoms with Crippen molar-refractivity contribution in [3.05, 3.63) is 30.5 Å². The van der Waals surface area contributed by atoms with E-state index in [1.165, 1.54) is 4.90 Å². The summed E-state index contributed by atoms with van der Waals surface area (Å²) in [6.07, 6.45) is 1.94. The molecule has 2 heterocycles. The van der Waals surface area contributed by atoms with Gasteiger partial charge in [0.15, 0.2) is 0 Å². The number of imide groups is 1. The topological polar surface area (TPSA) is 88.3 Å². The van der Waals surface area contributed by atoms with Gasteiger partial charge in [0.25, 0.3) is 0 Å². The summed E-state index contributed by atoms with van der Waals surface area (Å²) < 4.78 is 0. The van der Waals surface area contributed by atoms with Gasteiger partial charge in [-0.3, -0.25) is 15.0 Å². The standard InChI is InChI=1S/C13H12N4O2/c14-10-3-1-2-8-7-15-11(6-9(8)10)17-5-4-12(18)16-13(17)19/h1-3,6-7H,4-5,14H2,(H,16,18,19). The number of nitrogen functional groups attached to an aromatic ring is 1. The second-order valence-corrected chi connectivity index (χ2v) is 4.37. The highest BCUT2D eigenvalue weighted by Crippen LogP contribution is 2.25. The predicted octanol–water partition coefficient (Wildman–Crippen LogP) is 1.26. The molecule has 6 heteroatoms. The summed E-state index contributed by atoms with van der Waals surface area (Å²) in [5.41, 5.74) is 6.54. The summed E-state index contributed by atoms with van der Waals surface area (Å²) in [6.45, 7) is 0.329. The van der Waals surface area contributed by atoms with Crippen LogP contribution in [0.2, 0.25) is 0 Å². The molecule has 3 amide bonds. The first-order valence-electron chi connectivity index (χ1n) is 5.91. The van der Waals surface area contributed by atoms with Gasteiger partial charge < -0.3 is 5.73 Å². The van der Waals surface area contributed by atoms with Crippen molar-refractivity contribution >= 4 is 34.2 Å². The molecular weight excluding hydrogens is 244 g/mol. The van der Waals surface area contributed by atoms with Crippen molar-refractivity contribution in [3.63, 3.8) is 0 Å². The van der Waals surface area contributed by atoms with E-state index in [-0.39, 0.29) is 12.3 Å². The number of fused-ring (bicyclic) bond motifs is 1. The maximum absolute atomic E-state index is 11.7. The third kappa shape index (κ3) is 1.97. The molecule has 96 valence electrons. The van der Waals surface area contributed by atoms with E-state index in [9.17, 15) is 9.59 Å². The normalized spacial score (nSPS) is 15.7. The lowest BCUT2D eigenvalue weighted by Gasteiger charge is -2.25. The number of pyridine rings is 1. The van der Waals surface area contributed by atoms with Gasteiger partial charge in [0.05, 0.1) is 0 Å². The predicted molar refractivity (Wildman–Crippen MR) is 71.7 cm³/mol. The van der Waals surface area contributed by atoms with Crippen LogP contribution in [-0.4, -0.2) is 23.5 Å². The lowest BCUT2D eigenvalue weighted by molar-refractivity contribution is -0.120. The Bertz CT molecular complexity index is 683. The maximum atomic E-state index is 11.7. The number of carbonyl (C=O) groups excluding carboxylic acids is 2. The number of anilines is 2. The molecule has 0 atom stereocenters. The number of rotatable bonds is 1. The SMILES string of the molecule is Nc1cccc2cnc(N3CCC(=O)NC3=O)cc12. The Balaban J connectivity index is 2.04. The van der Waals surface area contributed by atoms with Gasteiger partial charge >= 0.3 is 6.03 Å². The van der Waals surface area contributed by atoms with Crippen LogP contribution in [0.1, 0.15) is 6.42 Å². The van der Waals surface area contributed by atoms with Crippen molar-refractivity contribution in [2.75, 3.05) is 17.2 Å². The fourth-order valence-electron chi connectivity index (χ4n) is 2.11. The summed E-state index contributed by atoms with van der Waals surface area (Å²) in [5, 5.41) is 4.03. The molecular formula is C13H12N4O2. The molecule has 3 N–H and O–H groups in total. The highest BCUT2D eigenvalue weighted by atomic mass is 16.2. The van der Waals surface area contributed by atoms with Gasteiger partial charge in [0, 0.05) is 35.6 Å². The van der Waals surface area contributed by atoms with Crippen LogP contribution in [0.5, 0.6) is 0 Å². The molecule has 1 aliphatic heterocycles. The molecule has 2 aromatic rings. The van der Waals surface area contributed by atoms with Gasteiger partial charge in [0.2, 0.25) is 5.91 Å². The van der Waals surface area contributed by atoms with Gasteiger partial charge in [0.1, 0.15) is 5.82 Å². The maximum Gasteiger partial charge on any atom is 0.329 e. The molecule has 0 aliphatic carbocycles. The van der Waals surface area contributed by atoms with Crippen LogP contribution in [0.4, 0.5) is 16.3 Å². The minimum Gasteiger partial charge on any atom is -0.398 e. The second kappa shape index (κ2) is 4.24. The van der Waals surface area contributed by atoms with E-state index in [0.717, 1.165) is 10.8 Å². The minimum absolute atomic E-state index is 0.262. The van der Waals surface area contributed by atoms with Crippen molar-refractivity contribution < 1.29 is 9.59 Å². The number of hydrogen-bond acceptors (Lipinski definition) is 4. The Hall–Kier alpha value is -2.63. The van der Waals surface area contributed by atoms with Crippen molar-refractivity contribution in [2.45, 2.75) is 6.42 Å². The van der Waals surface area contributed by atoms with Crippen LogP contribution in [0.15, 0.2) is 30.5 Å². The summed E-state index contributed by atoms with van der Waals surface area (Å²) in [4.78, 5) is 28.5. The zero-order valence-electron chi connectivity index (χ0n) is 10.1. The lowest BCUT2D eigenvalue weighted by atomic mass is 10.1. The lowest BCUT2D eigenvalue weighted by Crippen LogP contribution is -2.49. The monoisotopic (exact) mass is 256 g/mol. The van der Waals surface area contributed by atoms with Crippen LogP contribution in [0.25, 0.3) is 10.8 Å². The summed E-state index contributed by atoms with van der Waals surface area (Å²) in [5.74, 6) is 0.233. The van der Waals surface area contributed by atoms with Gasteiger partial charge in [-0.15, -0.1) is 0 Å². The van der Waals surface area contributed by atoms with E-state index in [1.54, 1.807) is 18.3 Å². The summed E-state index contributed by atoms with van der Waals surface area (Å²) in [7, 11) is 0. The van der Waals surface area contributed by atoms with Crippen LogP contribution >= 0.6 is 0 Å². The minimum atomic E-state index is -0.447. The van der Waals surface area contributed by atoms with Crippen molar-refractivity contribution in [3.8, 4) is 0 Å². The number of urea groups is 1. The van der Waals surface area contributed by atoms with Gasteiger partial charge in [-0.25, -0.2) is 9.78 Å². The summed E-state index contributed by atoms with van der Waals surface area (Å²) in [6, 6.07) is 6.87. The molecule has 0 radical (unpaired) electrons. The molecule has 1 aromatic carbocycles. The number of carbonyl (C=O) groups is 2. The number of nitrogens with one attached hydrogen (secondary N) is 1. The molecule has 19 heavy (non-hydrogen) atoms. The molecule has 1 aliphatic rings. The quantitative estimate of drug-likeness (QED) is 0.752. The van der Waals surface area contributed by atoms with Gasteiger partial charge in [-0.05, 0) is 12.1 Å². The zero-order chi connectivity index (χ0) is 13.4. The fourth-order valence-corrected chi connectivity index (χ4v) is 2.11. The van der Waals surface area contributed by atoms with Crippen LogP contribution in [0.3, 0.4) is 0 Å². The molecule has 1 saturated heterocycles. The largest absolute Gasteiger partial charge is 0.398 e. The van der Waals surface area contributed by atoms with E-state index in [0.29, 0.717) is 18.1 Å². The first-order chi connectivity index (χ1) is 9.15. The Morgan fingerprint density at radius 3 is 2.95 bits per heavy atom. The number of benzene rings is 1. The van der Waals surface area contributed by atoms with E-state index in [2.05, 4.69) is 10.3 Å². The van der Waals surface area contributed by atoms with Crippen LogP contribution in [0, 0.1) is 0 Å². The van der Waals surface area contributed by atoms with Crippen LogP contribution in [-0.2, 0) is 4.79 Å². The van der Waals surface area contributed by atoms with Gasteiger partial charge in [-0.2, -0.15) is 0 Å². The first kappa shape index (κ1) is 11.5. The third-order valence-corrected chi connectivity index (χ3v) is 3.11. The average molecular weight is 256 g/mol. The molecule has 0 spiro atoms. The van der Waals surface area contributed by atoms with Crippen molar-refractivity contribution in [2.24, 2.45) is 0 Å². The smallest absolute Gasteiger partial charge is 0.329 e. The average Bonchev–Trinajstić information content (AvgIpc) is 2.39. The number of aromatic nitrogens is 1. The van der Waals surface area contributed by atoms with E-state index in [4.69, 9.17) is 5.73 Å². The van der Waals surface area contributed by atoms with Crippen molar-refractivity contribution in [1.29, 1.82) is 0 Å². The Labute approximate surface area is 109 Å². The van der Waals surface area contributed by atoms with E-state index >= 15 is 0 Å². The van der Waals surface area contributed by atoms with E-state index in [1.807, 2.05) is 12.1 Å². The molecule has 6 nitrogen and oxygen atoms in total. The molecule has 1 fully saturated rings. The van der Waals surface area contributed by atoms with Gasteiger partial charge in [-0.1, -0.05) is 12.1 Å². The summed E-state index contributed by atoms with van der Waals surface area (Å²) >= 11 is 0. The molecule has 0 bridgehead atoms. The molecule has 0 unspecified atom stereocenters. The Morgan fingerprint density at radius 1 is 1.32 bits per heavy atom. The number of hydrogen-bond donors (Lipinski definition) is 2. The Kier molecular flexibility index (Phi) is 2.56. The molecule has 0 saturated carbocycles. The number of amides is 3. The highest BCUT2D eigenvalue weighted by Gasteiger charge is 2.25. The number of nitrogens with two attached hydrogens (primary N) is 1. The first-order valence-corrected chi connectivity index (χ1v) is 5.91. The zero-order valence-corrected chi connectivity index (χ0v) is 10.1. The number of nitrogens with zero attached hydrogens (tertiary/aromatic N) is 2. The highest BCUT2D eigenvalue weighted by molar-refractivity contribution is 6.06. The fraction of sp³-hybridized carbons (Fsp3) is 0.154. The molecule has 3 rings (SSSR count). The second-order valence-electron chi connectivity index (χ2n) is 4.37. The molecule has 1 aromatic heterocycles. The van der Waals surface area contributed by atoms with Crippen molar-refractivity contribution in [1.82, 2.24) is 10.3 Å².